The Morgan fingerprint density at radius 2 is 2.11 bits per heavy atom. The highest BCUT2D eigenvalue weighted by Gasteiger charge is 2.42. The van der Waals surface area contributed by atoms with E-state index in [2.05, 4.69) is 15.0 Å². The Labute approximate surface area is 108 Å². The predicted molar refractivity (Wildman–Crippen MR) is 64.6 cm³/mol. The molecule has 0 amide bonds. The van der Waals surface area contributed by atoms with Gasteiger partial charge in [0.25, 0.3) is 0 Å². The van der Waals surface area contributed by atoms with E-state index in [-0.39, 0.29) is 18.8 Å². The Balaban J connectivity index is 1.85. The molecule has 2 aromatic rings. The molecular weight excluding hydrogens is 255 g/mol. The number of hydrogen-bond donors (Lipinski definition) is 1. The van der Waals surface area contributed by atoms with Crippen molar-refractivity contribution in [3.8, 4) is 0 Å². The molecule has 2 atom stereocenters. The summed E-state index contributed by atoms with van der Waals surface area (Å²) in [6.45, 7) is 0. The van der Waals surface area contributed by atoms with E-state index in [0.717, 1.165) is 17.5 Å². The van der Waals surface area contributed by atoms with Crippen LogP contribution in [0, 0.1) is 5.92 Å². The number of rotatable bonds is 1. The van der Waals surface area contributed by atoms with E-state index < -0.39 is 12.1 Å². The zero-order valence-electron chi connectivity index (χ0n) is 10.2. The lowest BCUT2D eigenvalue weighted by molar-refractivity contribution is -0.183. The minimum atomic E-state index is -4.09. The van der Waals surface area contributed by atoms with Crippen molar-refractivity contribution in [1.29, 1.82) is 0 Å². The molecule has 2 heterocycles. The number of nitrogens with one attached hydrogen (secondary N) is 1. The first kappa shape index (κ1) is 12.4. The van der Waals surface area contributed by atoms with Crippen molar-refractivity contribution in [3.05, 3.63) is 24.3 Å². The second-order valence-corrected chi connectivity index (χ2v) is 5.12. The lowest BCUT2D eigenvalue weighted by atomic mass is 9.80. The van der Waals surface area contributed by atoms with Crippen molar-refractivity contribution in [2.45, 2.75) is 37.8 Å². The molecule has 2 unspecified atom stereocenters. The number of nitrogens with zero attached hydrogens (tertiary/aromatic N) is 2. The lowest BCUT2D eigenvalue weighted by Gasteiger charge is -2.29. The number of aromatic nitrogens is 3. The normalized spacial score (nSPS) is 24.8. The Kier molecular flexibility index (Phi) is 2.95. The second-order valence-electron chi connectivity index (χ2n) is 5.12. The molecule has 0 aliphatic heterocycles. The van der Waals surface area contributed by atoms with E-state index in [1.807, 2.05) is 0 Å². The minimum absolute atomic E-state index is 0.132. The Bertz CT molecular complexity index is 543. The van der Waals surface area contributed by atoms with E-state index in [4.69, 9.17) is 0 Å². The standard InChI is InChI=1S/C13H14F3N3/c14-13(15,16)9-3-1-2-8(6-9)12-18-10-4-5-17-7-11(10)19-12/h4-5,7-9H,1-3,6H2,(H,18,19). The van der Waals surface area contributed by atoms with Crippen LogP contribution in [-0.2, 0) is 0 Å². The van der Waals surface area contributed by atoms with Crippen molar-refractivity contribution in [2.75, 3.05) is 0 Å². The van der Waals surface area contributed by atoms with Gasteiger partial charge in [-0.2, -0.15) is 13.2 Å². The average Bonchev–Trinajstić information content (AvgIpc) is 2.81. The van der Waals surface area contributed by atoms with Gasteiger partial charge in [0.2, 0.25) is 0 Å². The van der Waals surface area contributed by atoms with Crippen LogP contribution in [0.5, 0.6) is 0 Å². The first-order chi connectivity index (χ1) is 9.04. The summed E-state index contributed by atoms with van der Waals surface area (Å²) < 4.78 is 38.4. The maximum atomic E-state index is 12.8. The number of hydrogen-bond acceptors (Lipinski definition) is 2. The topological polar surface area (TPSA) is 41.6 Å². The van der Waals surface area contributed by atoms with E-state index >= 15 is 0 Å². The van der Waals surface area contributed by atoms with Crippen LogP contribution in [0.15, 0.2) is 18.5 Å². The van der Waals surface area contributed by atoms with Crippen LogP contribution in [0.1, 0.15) is 37.4 Å². The smallest absolute Gasteiger partial charge is 0.340 e. The summed E-state index contributed by atoms with van der Waals surface area (Å²) in [5.74, 6) is -0.665. The molecule has 0 aromatic carbocycles. The molecule has 1 N–H and O–H groups in total. The summed E-state index contributed by atoms with van der Waals surface area (Å²) in [5.41, 5.74) is 1.55. The molecule has 1 aliphatic rings. The third-order valence-corrected chi connectivity index (χ3v) is 3.83. The van der Waals surface area contributed by atoms with Crippen molar-refractivity contribution in [2.24, 2.45) is 5.92 Å². The molecule has 1 saturated carbocycles. The van der Waals surface area contributed by atoms with Gasteiger partial charge in [-0.15, -0.1) is 0 Å². The zero-order chi connectivity index (χ0) is 13.5. The number of pyridine rings is 1. The van der Waals surface area contributed by atoms with Gasteiger partial charge in [-0.1, -0.05) is 6.42 Å². The first-order valence-corrected chi connectivity index (χ1v) is 6.40. The van der Waals surface area contributed by atoms with Crippen molar-refractivity contribution in [1.82, 2.24) is 15.0 Å². The van der Waals surface area contributed by atoms with Crippen LogP contribution in [0.25, 0.3) is 11.0 Å². The summed E-state index contributed by atoms with van der Waals surface area (Å²) in [6, 6.07) is 1.76. The van der Waals surface area contributed by atoms with E-state index in [1.54, 1.807) is 18.5 Å². The van der Waals surface area contributed by atoms with Crippen LogP contribution in [0.3, 0.4) is 0 Å². The highest BCUT2D eigenvalue weighted by Crippen LogP contribution is 2.43. The quantitative estimate of drug-likeness (QED) is 0.855. The van der Waals surface area contributed by atoms with Gasteiger partial charge in [-0.05, 0) is 25.3 Å². The summed E-state index contributed by atoms with van der Waals surface area (Å²) >= 11 is 0. The largest absolute Gasteiger partial charge is 0.391 e. The third-order valence-electron chi connectivity index (χ3n) is 3.83. The fourth-order valence-electron chi connectivity index (χ4n) is 2.81. The molecule has 0 bridgehead atoms. The van der Waals surface area contributed by atoms with E-state index in [0.29, 0.717) is 12.2 Å². The third kappa shape index (κ3) is 2.43. The average molecular weight is 269 g/mol. The van der Waals surface area contributed by atoms with Gasteiger partial charge >= 0.3 is 6.18 Å². The molecule has 2 aromatic heterocycles. The van der Waals surface area contributed by atoms with Gasteiger partial charge in [0.1, 0.15) is 5.82 Å². The summed E-state index contributed by atoms with van der Waals surface area (Å²) in [7, 11) is 0. The van der Waals surface area contributed by atoms with Gasteiger partial charge in [-0.3, -0.25) is 4.98 Å². The van der Waals surface area contributed by atoms with Gasteiger partial charge in [0.05, 0.1) is 23.1 Å². The van der Waals surface area contributed by atoms with Crippen molar-refractivity contribution < 1.29 is 13.2 Å². The maximum Gasteiger partial charge on any atom is 0.391 e. The van der Waals surface area contributed by atoms with Crippen molar-refractivity contribution >= 4 is 11.0 Å². The molecule has 0 spiro atoms. The number of alkyl halides is 3. The first-order valence-electron chi connectivity index (χ1n) is 6.40. The maximum absolute atomic E-state index is 12.8. The molecule has 102 valence electrons. The molecule has 3 nitrogen and oxygen atoms in total. The molecule has 1 aliphatic carbocycles. The highest BCUT2D eigenvalue weighted by molar-refractivity contribution is 5.73. The zero-order valence-corrected chi connectivity index (χ0v) is 10.2. The van der Waals surface area contributed by atoms with Crippen LogP contribution in [0.4, 0.5) is 13.2 Å². The summed E-state index contributed by atoms with van der Waals surface area (Å²) in [4.78, 5) is 11.5. The Morgan fingerprint density at radius 3 is 2.84 bits per heavy atom. The Hall–Kier alpha value is -1.59. The number of imidazole rings is 1. The summed E-state index contributed by atoms with van der Waals surface area (Å²) in [6.07, 6.45) is 0.928. The molecule has 1 fully saturated rings. The van der Waals surface area contributed by atoms with Gasteiger partial charge in [0, 0.05) is 12.1 Å². The Morgan fingerprint density at radius 1 is 1.26 bits per heavy atom. The molecule has 19 heavy (non-hydrogen) atoms. The van der Waals surface area contributed by atoms with Gasteiger partial charge < -0.3 is 4.98 Å². The molecule has 3 rings (SSSR count). The van der Waals surface area contributed by atoms with Crippen LogP contribution in [-0.4, -0.2) is 21.1 Å². The van der Waals surface area contributed by atoms with Crippen molar-refractivity contribution in [3.63, 3.8) is 0 Å². The summed E-state index contributed by atoms with van der Waals surface area (Å²) in [5, 5.41) is 0. The van der Waals surface area contributed by atoms with E-state index in [1.165, 1.54) is 0 Å². The number of aromatic amines is 1. The predicted octanol–water partition coefficient (Wildman–Crippen LogP) is 3.79. The van der Waals surface area contributed by atoms with Crippen LogP contribution >= 0.6 is 0 Å². The SMILES string of the molecule is FC(F)(F)C1CCCC(c2nc3ccncc3[nH]2)C1. The van der Waals surface area contributed by atoms with Crippen LogP contribution in [0.2, 0.25) is 0 Å². The monoisotopic (exact) mass is 269 g/mol. The fourth-order valence-corrected chi connectivity index (χ4v) is 2.81. The number of halogens is 3. The molecule has 0 saturated heterocycles. The second kappa shape index (κ2) is 4.51. The van der Waals surface area contributed by atoms with Crippen LogP contribution < -0.4 is 0 Å². The minimum Gasteiger partial charge on any atom is -0.340 e. The number of fused-ring (bicyclic) bond motifs is 1. The number of H-pyrrole nitrogens is 1. The molecular formula is C13H14F3N3. The van der Waals surface area contributed by atoms with Gasteiger partial charge in [-0.25, -0.2) is 4.98 Å². The molecule has 0 radical (unpaired) electrons. The highest BCUT2D eigenvalue weighted by atomic mass is 19.4. The lowest BCUT2D eigenvalue weighted by Crippen LogP contribution is -2.28. The fraction of sp³-hybridized carbons (Fsp3) is 0.538. The van der Waals surface area contributed by atoms with Gasteiger partial charge in [0.15, 0.2) is 0 Å². The molecule has 6 heteroatoms. The van der Waals surface area contributed by atoms with E-state index in [9.17, 15) is 13.2 Å².